The maximum absolute atomic E-state index is 11.6. The summed E-state index contributed by atoms with van der Waals surface area (Å²) in [6, 6.07) is 7.66. The van der Waals surface area contributed by atoms with E-state index in [1.807, 2.05) is 29.0 Å². The van der Waals surface area contributed by atoms with Crippen molar-refractivity contribution >= 4 is 28.3 Å². The highest BCUT2D eigenvalue weighted by molar-refractivity contribution is 6.31. The lowest BCUT2D eigenvalue weighted by molar-refractivity contribution is 0.101. The van der Waals surface area contributed by atoms with Crippen molar-refractivity contribution in [2.75, 3.05) is 0 Å². The van der Waals surface area contributed by atoms with Crippen molar-refractivity contribution in [3.8, 4) is 6.07 Å². The molecule has 0 fully saturated rings. The third-order valence-corrected chi connectivity index (χ3v) is 3.15. The van der Waals surface area contributed by atoms with E-state index in [1.54, 1.807) is 6.92 Å². The molecule has 0 aliphatic heterocycles. The Morgan fingerprint density at radius 1 is 1.50 bits per heavy atom. The Hall–Kier alpha value is -1.79. The van der Waals surface area contributed by atoms with E-state index in [9.17, 15) is 4.79 Å². The Labute approximate surface area is 111 Å². The highest BCUT2D eigenvalue weighted by Gasteiger charge is 2.12. The van der Waals surface area contributed by atoms with E-state index in [0.717, 1.165) is 23.9 Å². The van der Waals surface area contributed by atoms with Crippen molar-refractivity contribution in [1.29, 1.82) is 5.26 Å². The number of ketones is 1. The molecule has 0 saturated heterocycles. The first kappa shape index (κ1) is 12.7. The molecule has 92 valence electrons. The van der Waals surface area contributed by atoms with Crippen LogP contribution in [0.1, 0.15) is 30.1 Å². The molecule has 0 atom stereocenters. The average molecular weight is 261 g/mol. The first-order valence-electron chi connectivity index (χ1n) is 5.80. The molecule has 0 radical (unpaired) electrons. The molecule has 2 rings (SSSR count). The van der Waals surface area contributed by atoms with Gasteiger partial charge in [0.15, 0.2) is 5.78 Å². The predicted octanol–water partition coefficient (Wildman–Crippen LogP) is 3.80. The van der Waals surface area contributed by atoms with Gasteiger partial charge in [0.1, 0.15) is 0 Å². The Morgan fingerprint density at radius 3 is 2.94 bits per heavy atom. The number of aromatic nitrogens is 1. The Kier molecular flexibility index (Phi) is 3.69. The summed E-state index contributed by atoms with van der Waals surface area (Å²) in [5.74, 6) is 0.0290. The molecule has 2 aromatic rings. The second-order valence-corrected chi connectivity index (χ2v) is 4.65. The number of nitrogens with zero attached hydrogens (tertiary/aromatic N) is 2. The number of aryl methyl sites for hydroxylation is 1. The number of hydrogen-bond acceptors (Lipinski definition) is 2. The van der Waals surface area contributed by atoms with Crippen LogP contribution in [0.2, 0.25) is 5.02 Å². The van der Waals surface area contributed by atoms with Gasteiger partial charge < -0.3 is 4.57 Å². The van der Waals surface area contributed by atoms with Crippen LogP contribution < -0.4 is 0 Å². The summed E-state index contributed by atoms with van der Waals surface area (Å²) in [5, 5.41) is 10.1. The van der Waals surface area contributed by atoms with Crippen molar-refractivity contribution in [3.63, 3.8) is 0 Å². The largest absolute Gasteiger partial charge is 0.347 e. The van der Waals surface area contributed by atoms with Gasteiger partial charge in [0.05, 0.1) is 6.07 Å². The normalized spacial score (nSPS) is 10.5. The SMILES string of the molecule is CC(=O)c1cn(CCCC#N)c2ccc(Cl)cc12. The van der Waals surface area contributed by atoms with Gasteiger partial charge in [-0.3, -0.25) is 4.79 Å². The average Bonchev–Trinajstić information content (AvgIpc) is 2.68. The maximum Gasteiger partial charge on any atom is 0.161 e. The van der Waals surface area contributed by atoms with Crippen LogP contribution in [0.25, 0.3) is 10.9 Å². The molecule has 0 aliphatic rings. The fourth-order valence-electron chi connectivity index (χ4n) is 2.06. The Bertz CT molecular complexity index is 637. The van der Waals surface area contributed by atoms with E-state index < -0.39 is 0 Å². The highest BCUT2D eigenvalue weighted by atomic mass is 35.5. The van der Waals surface area contributed by atoms with Crippen molar-refractivity contribution in [2.24, 2.45) is 0 Å². The van der Waals surface area contributed by atoms with Crippen LogP contribution in [0.15, 0.2) is 24.4 Å². The lowest BCUT2D eigenvalue weighted by Crippen LogP contribution is -1.96. The molecule has 1 aromatic heterocycles. The molecule has 1 aromatic carbocycles. The zero-order valence-corrected chi connectivity index (χ0v) is 10.9. The number of unbranched alkanes of at least 4 members (excludes halogenated alkanes) is 1. The number of Topliss-reactive ketones (excluding diaryl/α,β-unsaturated/α-hetero) is 1. The molecule has 0 saturated carbocycles. The van der Waals surface area contributed by atoms with E-state index in [-0.39, 0.29) is 5.78 Å². The van der Waals surface area contributed by atoms with Gasteiger partial charge in [0.2, 0.25) is 0 Å². The van der Waals surface area contributed by atoms with Crippen molar-refractivity contribution in [2.45, 2.75) is 26.3 Å². The number of rotatable bonds is 4. The summed E-state index contributed by atoms with van der Waals surface area (Å²) in [6.45, 7) is 2.29. The molecule has 0 aliphatic carbocycles. The fraction of sp³-hybridized carbons (Fsp3) is 0.286. The molecule has 1 heterocycles. The van der Waals surface area contributed by atoms with Gasteiger partial charge in [0, 0.05) is 40.7 Å². The number of carbonyl (C=O) groups excluding carboxylic acids is 1. The molecule has 0 spiro atoms. The van der Waals surface area contributed by atoms with Crippen LogP contribution in [0.3, 0.4) is 0 Å². The van der Waals surface area contributed by atoms with Crippen LogP contribution in [0, 0.1) is 11.3 Å². The number of nitriles is 1. The molecule has 3 nitrogen and oxygen atoms in total. The van der Waals surface area contributed by atoms with Crippen molar-refractivity contribution in [3.05, 3.63) is 35.0 Å². The standard InChI is InChI=1S/C14H13ClN2O/c1-10(18)13-9-17(7-3-2-6-16)14-5-4-11(15)8-12(13)14/h4-5,8-9H,2-3,7H2,1H3. The molecule has 0 unspecified atom stereocenters. The predicted molar refractivity (Wildman–Crippen MR) is 71.8 cm³/mol. The van der Waals surface area contributed by atoms with Gasteiger partial charge in [-0.25, -0.2) is 0 Å². The van der Waals surface area contributed by atoms with E-state index >= 15 is 0 Å². The summed E-state index contributed by atoms with van der Waals surface area (Å²) in [4.78, 5) is 11.6. The number of fused-ring (bicyclic) bond motifs is 1. The summed E-state index contributed by atoms with van der Waals surface area (Å²) >= 11 is 5.97. The summed E-state index contributed by atoms with van der Waals surface area (Å²) in [7, 11) is 0. The quantitative estimate of drug-likeness (QED) is 0.620. The number of benzene rings is 1. The van der Waals surface area contributed by atoms with E-state index in [4.69, 9.17) is 16.9 Å². The number of halogens is 1. The van der Waals surface area contributed by atoms with Crippen LogP contribution in [0.4, 0.5) is 0 Å². The second-order valence-electron chi connectivity index (χ2n) is 4.22. The van der Waals surface area contributed by atoms with E-state index in [2.05, 4.69) is 6.07 Å². The van der Waals surface area contributed by atoms with Gasteiger partial charge in [-0.2, -0.15) is 5.26 Å². The molecule has 0 amide bonds. The van der Waals surface area contributed by atoms with E-state index in [1.165, 1.54) is 0 Å². The molecular weight excluding hydrogens is 248 g/mol. The smallest absolute Gasteiger partial charge is 0.161 e. The van der Waals surface area contributed by atoms with E-state index in [0.29, 0.717) is 17.0 Å². The zero-order chi connectivity index (χ0) is 13.1. The second kappa shape index (κ2) is 5.24. The molecule has 18 heavy (non-hydrogen) atoms. The number of hydrogen-bond donors (Lipinski definition) is 0. The topological polar surface area (TPSA) is 45.8 Å². The summed E-state index contributed by atoms with van der Waals surface area (Å²) < 4.78 is 2.01. The molecule has 0 bridgehead atoms. The van der Waals surface area contributed by atoms with Crippen LogP contribution >= 0.6 is 11.6 Å². The van der Waals surface area contributed by atoms with Crippen LogP contribution in [-0.4, -0.2) is 10.4 Å². The van der Waals surface area contributed by atoms with Gasteiger partial charge in [0.25, 0.3) is 0 Å². The first-order valence-corrected chi connectivity index (χ1v) is 6.17. The van der Waals surface area contributed by atoms with Gasteiger partial charge in [-0.1, -0.05) is 11.6 Å². The lowest BCUT2D eigenvalue weighted by Gasteiger charge is -2.02. The number of carbonyl (C=O) groups is 1. The van der Waals surface area contributed by atoms with Crippen LogP contribution in [0.5, 0.6) is 0 Å². The minimum Gasteiger partial charge on any atom is -0.347 e. The van der Waals surface area contributed by atoms with Gasteiger partial charge in [-0.15, -0.1) is 0 Å². The maximum atomic E-state index is 11.6. The first-order chi connectivity index (χ1) is 8.63. The fourth-order valence-corrected chi connectivity index (χ4v) is 2.24. The highest BCUT2D eigenvalue weighted by Crippen LogP contribution is 2.25. The van der Waals surface area contributed by atoms with Crippen molar-refractivity contribution < 1.29 is 4.79 Å². The van der Waals surface area contributed by atoms with Crippen LogP contribution in [-0.2, 0) is 6.54 Å². The lowest BCUT2D eigenvalue weighted by atomic mass is 10.1. The zero-order valence-electron chi connectivity index (χ0n) is 10.1. The Balaban J connectivity index is 2.48. The summed E-state index contributed by atoms with van der Waals surface area (Å²) in [6.07, 6.45) is 3.14. The van der Waals surface area contributed by atoms with Gasteiger partial charge in [-0.05, 0) is 31.5 Å². The molecular formula is C14H13ClN2O. The molecule has 0 N–H and O–H groups in total. The third-order valence-electron chi connectivity index (χ3n) is 2.91. The van der Waals surface area contributed by atoms with Crippen molar-refractivity contribution in [1.82, 2.24) is 4.57 Å². The van der Waals surface area contributed by atoms with Gasteiger partial charge >= 0.3 is 0 Å². The monoisotopic (exact) mass is 260 g/mol. The molecule has 4 heteroatoms. The third kappa shape index (κ3) is 2.39. The Morgan fingerprint density at radius 2 is 2.28 bits per heavy atom. The summed E-state index contributed by atoms with van der Waals surface area (Å²) in [5.41, 5.74) is 1.67. The minimum absolute atomic E-state index is 0.0290. The minimum atomic E-state index is 0.0290.